The Morgan fingerprint density at radius 3 is 2.41 bits per heavy atom. The lowest BCUT2D eigenvalue weighted by Gasteiger charge is -2.23. The van der Waals surface area contributed by atoms with Crippen LogP contribution >= 0.6 is 0 Å². The van der Waals surface area contributed by atoms with E-state index in [9.17, 15) is 0 Å². The van der Waals surface area contributed by atoms with Gasteiger partial charge in [-0.2, -0.15) is 0 Å². The zero-order chi connectivity index (χ0) is 12.5. The van der Waals surface area contributed by atoms with Crippen molar-refractivity contribution in [2.45, 2.75) is 65.3 Å². The van der Waals surface area contributed by atoms with Crippen LogP contribution in [0.5, 0.6) is 0 Å². The molecule has 0 heterocycles. The van der Waals surface area contributed by atoms with Crippen molar-refractivity contribution in [3.05, 3.63) is 0 Å². The average Bonchev–Trinajstić information content (AvgIpc) is 3.09. The van der Waals surface area contributed by atoms with Gasteiger partial charge in [0.15, 0.2) is 0 Å². The first-order chi connectivity index (χ1) is 8.24. The SMILES string of the molecule is CCCCCOCCCN(CC(C)C)C1CC1. The number of hydrogen-bond donors (Lipinski definition) is 0. The van der Waals surface area contributed by atoms with Gasteiger partial charge >= 0.3 is 0 Å². The van der Waals surface area contributed by atoms with Crippen LogP contribution in [-0.2, 0) is 4.74 Å². The van der Waals surface area contributed by atoms with E-state index in [2.05, 4.69) is 25.7 Å². The van der Waals surface area contributed by atoms with Gasteiger partial charge in [0.05, 0.1) is 0 Å². The first-order valence-electron chi connectivity index (χ1n) is 7.55. The molecule has 102 valence electrons. The molecule has 0 N–H and O–H groups in total. The summed E-state index contributed by atoms with van der Waals surface area (Å²) in [5, 5.41) is 0. The van der Waals surface area contributed by atoms with Crippen LogP contribution in [0.15, 0.2) is 0 Å². The summed E-state index contributed by atoms with van der Waals surface area (Å²) in [5.74, 6) is 0.793. The quantitative estimate of drug-likeness (QED) is 0.511. The van der Waals surface area contributed by atoms with Gasteiger partial charge < -0.3 is 9.64 Å². The molecule has 0 aromatic carbocycles. The fraction of sp³-hybridized carbons (Fsp3) is 1.00. The van der Waals surface area contributed by atoms with Gasteiger partial charge in [0, 0.05) is 32.3 Å². The van der Waals surface area contributed by atoms with E-state index in [0.717, 1.165) is 25.2 Å². The molecule has 0 spiro atoms. The van der Waals surface area contributed by atoms with Gasteiger partial charge in [0.2, 0.25) is 0 Å². The molecule has 1 rings (SSSR count). The normalized spacial score (nSPS) is 16.1. The molecule has 0 atom stereocenters. The van der Waals surface area contributed by atoms with Crippen molar-refractivity contribution in [3.63, 3.8) is 0 Å². The summed E-state index contributed by atoms with van der Waals surface area (Å²) in [7, 11) is 0. The minimum absolute atomic E-state index is 0.793. The Bertz CT molecular complexity index is 178. The Balaban J connectivity index is 1.95. The molecule has 0 aromatic heterocycles. The van der Waals surface area contributed by atoms with E-state index < -0.39 is 0 Å². The molecule has 1 aliphatic carbocycles. The smallest absolute Gasteiger partial charge is 0.0478 e. The lowest BCUT2D eigenvalue weighted by atomic mass is 10.2. The molecule has 1 saturated carbocycles. The van der Waals surface area contributed by atoms with E-state index in [1.807, 2.05) is 0 Å². The van der Waals surface area contributed by atoms with E-state index in [-0.39, 0.29) is 0 Å². The molecule has 0 amide bonds. The molecular weight excluding hydrogens is 210 g/mol. The standard InChI is InChI=1S/C15H31NO/c1-4-5-6-11-17-12-7-10-16(13-14(2)3)15-8-9-15/h14-15H,4-13H2,1-3H3. The number of unbranched alkanes of at least 4 members (excludes halogenated alkanes) is 2. The minimum Gasteiger partial charge on any atom is -0.381 e. The van der Waals surface area contributed by atoms with E-state index >= 15 is 0 Å². The first kappa shape index (κ1) is 15.0. The van der Waals surface area contributed by atoms with E-state index in [1.165, 1.54) is 51.6 Å². The Morgan fingerprint density at radius 2 is 1.82 bits per heavy atom. The zero-order valence-electron chi connectivity index (χ0n) is 12.1. The minimum atomic E-state index is 0.793. The first-order valence-corrected chi connectivity index (χ1v) is 7.55. The van der Waals surface area contributed by atoms with E-state index in [4.69, 9.17) is 4.74 Å². The highest BCUT2D eigenvalue weighted by atomic mass is 16.5. The fourth-order valence-corrected chi connectivity index (χ4v) is 2.26. The largest absolute Gasteiger partial charge is 0.381 e. The second kappa shape index (κ2) is 8.93. The van der Waals surface area contributed by atoms with Crippen molar-refractivity contribution in [2.24, 2.45) is 5.92 Å². The molecule has 0 radical (unpaired) electrons. The van der Waals surface area contributed by atoms with Crippen LogP contribution < -0.4 is 0 Å². The van der Waals surface area contributed by atoms with Crippen LogP contribution in [0.2, 0.25) is 0 Å². The molecular formula is C15H31NO. The van der Waals surface area contributed by atoms with Gasteiger partial charge in [0.25, 0.3) is 0 Å². The Kier molecular flexibility index (Phi) is 7.87. The van der Waals surface area contributed by atoms with Gasteiger partial charge in [-0.1, -0.05) is 33.6 Å². The molecule has 0 saturated heterocycles. The maximum atomic E-state index is 5.66. The lowest BCUT2D eigenvalue weighted by Crippen LogP contribution is -2.31. The van der Waals surface area contributed by atoms with Crippen molar-refractivity contribution < 1.29 is 4.74 Å². The molecule has 0 aromatic rings. The summed E-state index contributed by atoms with van der Waals surface area (Å²) in [4.78, 5) is 2.67. The van der Waals surface area contributed by atoms with Crippen molar-refractivity contribution >= 4 is 0 Å². The highest BCUT2D eigenvalue weighted by Gasteiger charge is 2.28. The summed E-state index contributed by atoms with van der Waals surface area (Å²) in [6, 6.07) is 0.900. The van der Waals surface area contributed by atoms with Crippen LogP contribution in [0.1, 0.15) is 59.3 Å². The third-order valence-corrected chi connectivity index (χ3v) is 3.29. The lowest BCUT2D eigenvalue weighted by molar-refractivity contribution is 0.114. The maximum Gasteiger partial charge on any atom is 0.0478 e. The average molecular weight is 241 g/mol. The molecule has 17 heavy (non-hydrogen) atoms. The summed E-state index contributed by atoms with van der Waals surface area (Å²) >= 11 is 0. The van der Waals surface area contributed by atoms with Crippen molar-refractivity contribution in [3.8, 4) is 0 Å². The predicted molar refractivity (Wildman–Crippen MR) is 74.4 cm³/mol. The zero-order valence-corrected chi connectivity index (χ0v) is 12.1. The van der Waals surface area contributed by atoms with Gasteiger partial charge in [-0.05, 0) is 31.6 Å². The third kappa shape index (κ3) is 7.77. The fourth-order valence-electron chi connectivity index (χ4n) is 2.26. The monoisotopic (exact) mass is 241 g/mol. The summed E-state index contributed by atoms with van der Waals surface area (Å²) in [6.07, 6.45) is 7.87. The van der Waals surface area contributed by atoms with Gasteiger partial charge in [0.1, 0.15) is 0 Å². The number of hydrogen-bond acceptors (Lipinski definition) is 2. The number of rotatable bonds is 11. The summed E-state index contributed by atoms with van der Waals surface area (Å²) in [6.45, 7) is 11.3. The van der Waals surface area contributed by atoms with Gasteiger partial charge in [-0.25, -0.2) is 0 Å². The van der Waals surface area contributed by atoms with Gasteiger partial charge in [-0.15, -0.1) is 0 Å². The van der Waals surface area contributed by atoms with Crippen molar-refractivity contribution in [1.82, 2.24) is 4.90 Å². The number of ether oxygens (including phenoxy) is 1. The Labute approximate surface area is 108 Å². The van der Waals surface area contributed by atoms with Crippen molar-refractivity contribution in [2.75, 3.05) is 26.3 Å². The highest BCUT2D eigenvalue weighted by Crippen LogP contribution is 2.27. The molecule has 0 unspecified atom stereocenters. The molecule has 0 aliphatic heterocycles. The number of nitrogens with zero attached hydrogens (tertiary/aromatic N) is 1. The molecule has 2 nitrogen and oxygen atoms in total. The summed E-state index contributed by atoms with van der Waals surface area (Å²) in [5.41, 5.74) is 0. The second-order valence-corrected chi connectivity index (χ2v) is 5.79. The second-order valence-electron chi connectivity index (χ2n) is 5.79. The molecule has 1 aliphatic rings. The summed E-state index contributed by atoms with van der Waals surface area (Å²) < 4.78 is 5.66. The van der Waals surface area contributed by atoms with Crippen molar-refractivity contribution in [1.29, 1.82) is 0 Å². The van der Waals surface area contributed by atoms with E-state index in [0.29, 0.717) is 0 Å². The van der Waals surface area contributed by atoms with Crippen LogP contribution in [0.4, 0.5) is 0 Å². The van der Waals surface area contributed by atoms with Crippen LogP contribution in [0.25, 0.3) is 0 Å². The highest BCUT2D eigenvalue weighted by molar-refractivity contribution is 4.84. The predicted octanol–water partition coefficient (Wildman–Crippen LogP) is 3.70. The molecule has 0 bridgehead atoms. The third-order valence-electron chi connectivity index (χ3n) is 3.29. The Morgan fingerprint density at radius 1 is 1.12 bits per heavy atom. The van der Waals surface area contributed by atoms with Crippen LogP contribution in [0, 0.1) is 5.92 Å². The van der Waals surface area contributed by atoms with Crippen LogP contribution in [-0.4, -0.2) is 37.2 Å². The maximum absolute atomic E-state index is 5.66. The van der Waals surface area contributed by atoms with Gasteiger partial charge in [-0.3, -0.25) is 0 Å². The van der Waals surface area contributed by atoms with E-state index in [1.54, 1.807) is 0 Å². The molecule has 2 heteroatoms. The Hall–Kier alpha value is -0.0800. The van der Waals surface area contributed by atoms with Crippen LogP contribution in [0.3, 0.4) is 0 Å². The topological polar surface area (TPSA) is 12.5 Å². The molecule has 1 fully saturated rings.